The molecule has 27 heavy (non-hydrogen) atoms. The first-order chi connectivity index (χ1) is 12.9. The molecule has 1 aliphatic heterocycles. The van der Waals surface area contributed by atoms with E-state index in [4.69, 9.17) is 0 Å². The number of halogens is 1. The Morgan fingerprint density at radius 1 is 0.963 bits per heavy atom. The number of amides is 2. The van der Waals surface area contributed by atoms with E-state index in [1.165, 1.54) is 4.31 Å². The molecular weight excluding hydrogens is 430 g/mol. The maximum atomic E-state index is 12.6. The summed E-state index contributed by atoms with van der Waals surface area (Å²) in [6, 6.07) is 16.7. The van der Waals surface area contributed by atoms with Gasteiger partial charge in [-0.3, -0.25) is 0 Å². The van der Waals surface area contributed by atoms with Gasteiger partial charge in [0.15, 0.2) is 0 Å². The Morgan fingerprint density at radius 2 is 1.63 bits per heavy atom. The number of rotatable bonds is 5. The van der Waals surface area contributed by atoms with E-state index in [9.17, 15) is 13.2 Å². The van der Waals surface area contributed by atoms with E-state index < -0.39 is 10.0 Å². The molecule has 1 aliphatic rings. The number of piperazine rings is 1. The van der Waals surface area contributed by atoms with Gasteiger partial charge in [0.25, 0.3) is 0 Å². The molecule has 0 saturated carbocycles. The molecule has 0 spiro atoms. The van der Waals surface area contributed by atoms with Gasteiger partial charge in [0, 0.05) is 37.2 Å². The zero-order valence-corrected chi connectivity index (χ0v) is 17.2. The van der Waals surface area contributed by atoms with Crippen molar-refractivity contribution in [2.24, 2.45) is 0 Å². The van der Waals surface area contributed by atoms with Gasteiger partial charge in [-0.2, -0.15) is 4.31 Å². The Labute approximate surface area is 168 Å². The molecule has 1 N–H and O–H groups in total. The molecule has 0 aromatic heterocycles. The lowest BCUT2D eigenvalue weighted by Crippen LogP contribution is -2.53. The van der Waals surface area contributed by atoms with E-state index in [1.807, 2.05) is 54.6 Å². The highest BCUT2D eigenvalue weighted by atomic mass is 79.9. The van der Waals surface area contributed by atoms with Crippen molar-refractivity contribution in [2.75, 3.05) is 26.2 Å². The molecule has 2 aromatic rings. The third kappa shape index (κ3) is 5.54. The fourth-order valence-corrected chi connectivity index (χ4v) is 4.94. The Hall–Kier alpha value is -1.90. The largest absolute Gasteiger partial charge is 0.334 e. The summed E-state index contributed by atoms with van der Waals surface area (Å²) in [6.45, 7) is 1.85. The van der Waals surface area contributed by atoms with E-state index in [-0.39, 0.29) is 11.8 Å². The van der Waals surface area contributed by atoms with Crippen LogP contribution < -0.4 is 5.32 Å². The number of nitrogens with one attached hydrogen (secondary N) is 1. The Balaban J connectivity index is 1.50. The first-order valence-electron chi connectivity index (χ1n) is 8.73. The van der Waals surface area contributed by atoms with Gasteiger partial charge < -0.3 is 10.2 Å². The molecule has 0 atom stereocenters. The van der Waals surface area contributed by atoms with Crippen molar-refractivity contribution < 1.29 is 13.2 Å². The van der Waals surface area contributed by atoms with Crippen LogP contribution in [0.2, 0.25) is 0 Å². The molecular formula is C19H22BrN3O3S. The summed E-state index contributed by atoms with van der Waals surface area (Å²) in [6.07, 6.45) is 0. The normalized spacial score (nSPS) is 15.5. The van der Waals surface area contributed by atoms with Crippen LogP contribution in [0.5, 0.6) is 0 Å². The van der Waals surface area contributed by atoms with Crippen LogP contribution in [0.3, 0.4) is 0 Å². The van der Waals surface area contributed by atoms with Crippen molar-refractivity contribution in [3.63, 3.8) is 0 Å². The Kier molecular flexibility index (Phi) is 6.51. The van der Waals surface area contributed by atoms with Gasteiger partial charge in [-0.25, -0.2) is 13.2 Å². The van der Waals surface area contributed by atoms with Crippen LogP contribution in [-0.2, 0) is 22.3 Å². The molecule has 8 heteroatoms. The van der Waals surface area contributed by atoms with E-state index in [1.54, 1.807) is 4.90 Å². The summed E-state index contributed by atoms with van der Waals surface area (Å²) < 4.78 is 27.6. The minimum Gasteiger partial charge on any atom is -0.334 e. The van der Waals surface area contributed by atoms with Crippen molar-refractivity contribution in [2.45, 2.75) is 12.3 Å². The molecule has 1 fully saturated rings. The summed E-state index contributed by atoms with van der Waals surface area (Å²) in [4.78, 5) is 14.0. The first-order valence-corrected chi connectivity index (χ1v) is 11.1. The quantitative estimate of drug-likeness (QED) is 0.759. The fourth-order valence-electron chi connectivity index (χ4n) is 2.98. The predicted molar refractivity (Wildman–Crippen MR) is 109 cm³/mol. The molecule has 1 saturated heterocycles. The molecule has 0 bridgehead atoms. The van der Waals surface area contributed by atoms with Gasteiger partial charge in [0.1, 0.15) is 0 Å². The second-order valence-electron chi connectivity index (χ2n) is 6.42. The van der Waals surface area contributed by atoms with Gasteiger partial charge in [-0.05, 0) is 23.3 Å². The molecule has 0 aliphatic carbocycles. The number of sulfonamides is 1. The first kappa shape index (κ1) is 19.9. The average molecular weight is 452 g/mol. The summed E-state index contributed by atoms with van der Waals surface area (Å²) in [7, 11) is -3.38. The summed E-state index contributed by atoms with van der Waals surface area (Å²) >= 11 is 3.41. The van der Waals surface area contributed by atoms with Crippen LogP contribution in [0.1, 0.15) is 11.1 Å². The Bertz CT molecular complexity index is 882. The predicted octanol–water partition coefficient (Wildman–Crippen LogP) is 2.81. The summed E-state index contributed by atoms with van der Waals surface area (Å²) in [5.74, 6) is -0.0110. The summed E-state index contributed by atoms with van der Waals surface area (Å²) in [5.41, 5.74) is 1.77. The van der Waals surface area contributed by atoms with Crippen molar-refractivity contribution in [1.82, 2.24) is 14.5 Å². The second kappa shape index (κ2) is 8.86. The summed E-state index contributed by atoms with van der Waals surface area (Å²) in [5, 5.41) is 2.89. The Morgan fingerprint density at radius 3 is 2.30 bits per heavy atom. The zero-order chi connectivity index (χ0) is 19.3. The van der Waals surface area contributed by atoms with E-state index in [0.717, 1.165) is 15.6 Å². The standard InChI is InChI=1S/C19H22BrN3O3S/c20-18-8-4-7-17(13-18)14-21-19(24)22-9-11-23(12-10-22)27(25,26)15-16-5-2-1-3-6-16/h1-8,13H,9-12,14-15H2,(H,21,24). The number of hydrogen-bond acceptors (Lipinski definition) is 3. The van der Waals surface area contributed by atoms with Crippen molar-refractivity contribution in [3.05, 3.63) is 70.2 Å². The fraction of sp³-hybridized carbons (Fsp3) is 0.316. The topological polar surface area (TPSA) is 69.7 Å². The third-order valence-electron chi connectivity index (χ3n) is 4.44. The molecule has 2 aromatic carbocycles. The lowest BCUT2D eigenvalue weighted by molar-refractivity contribution is 0.172. The monoisotopic (exact) mass is 451 g/mol. The molecule has 6 nitrogen and oxygen atoms in total. The van der Waals surface area contributed by atoms with Crippen molar-refractivity contribution >= 4 is 32.0 Å². The highest BCUT2D eigenvalue weighted by Crippen LogP contribution is 2.14. The number of hydrogen-bond donors (Lipinski definition) is 1. The maximum Gasteiger partial charge on any atom is 0.317 e. The molecule has 1 heterocycles. The van der Waals surface area contributed by atoms with Crippen LogP contribution in [0.15, 0.2) is 59.1 Å². The van der Waals surface area contributed by atoms with Crippen molar-refractivity contribution in [1.29, 1.82) is 0 Å². The smallest absolute Gasteiger partial charge is 0.317 e. The van der Waals surface area contributed by atoms with Gasteiger partial charge >= 0.3 is 6.03 Å². The van der Waals surface area contributed by atoms with Gasteiger partial charge in [0.05, 0.1) is 5.75 Å². The SMILES string of the molecule is O=C(NCc1cccc(Br)c1)N1CCN(S(=O)(=O)Cc2ccccc2)CC1. The second-order valence-corrected chi connectivity index (χ2v) is 9.30. The van der Waals surface area contributed by atoms with Gasteiger partial charge in [0.2, 0.25) is 10.0 Å². The van der Waals surface area contributed by atoms with Crippen LogP contribution in [-0.4, -0.2) is 49.8 Å². The molecule has 2 amide bonds. The average Bonchev–Trinajstić information content (AvgIpc) is 2.67. The third-order valence-corrected chi connectivity index (χ3v) is 6.79. The highest BCUT2D eigenvalue weighted by Gasteiger charge is 2.28. The lowest BCUT2D eigenvalue weighted by atomic mass is 10.2. The van der Waals surface area contributed by atoms with Crippen LogP contribution in [0, 0.1) is 0 Å². The molecule has 3 rings (SSSR count). The number of carbonyl (C=O) groups is 1. The van der Waals surface area contributed by atoms with Crippen LogP contribution in [0.4, 0.5) is 4.79 Å². The van der Waals surface area contributed by atoms with Crippen LogP contribution >= 0.6 is 15.9 Å². The number of nitrogens with zero attached hydrogens (tertiary/aromatic N) is 2. The van der Waals surface area contributed by atoms with E-state index in [2.05, 4.69) is 21.2 Å². The van der Waals surface area contributed by atoms with E-state index >= 15 is 0 Å². The van der Waals surface area contributed by atoms with Gasteiger partial charge in [-0.15, -0.1) is 0 Å². The number of benzene rings is 2. The number of urea groups is 1. The minimum atomic E-state index is -3.38. The van der Waals surface area contributed by atoms with Crippen LogP contribution in [0.25, 0.3) is 0 Å². The maximum absolute atomic E-state index is 12.6. The zero-order valence-electron chi connectivity index (χ0n) is 14.8. The molecule has 0 unspecified atom stereocenters. The minimum absolute atomic E-state index is 0.0110. The molecule has 0 radical (unpaired) electrons. The van der Waals surface area contributed by atoms with Gasteiger partial charge in [-0.1, -0.05) is 58.4 Å². The van der Waals surface area contributed by atoms with E-state index in [0.29, 0.717) is 32.7 Å². The molecule has 144 valence electrons. The lowest BCUT2D eigenvalue weighted by Gasteiger charge is -2.34. The van der Waals surface area contributed by atoms with Crippen molar-refractivity contribution in [3.8, 4) is 0 Å². The highest BCUT2D eigenvalue weighted by molar-refractivity contribution is 9.10. The number of carbonyl (C=O) groups excluding carboxylic acids is 1.